The summed E-state index contributed by atoms with van der Waals surface area (Å²) in [6.07, 6.45) is 3.79. The molecule has 1 aliphatic rings. The number of carbonyl (C=O) groups is 2. The quantitative estimate of drug-likeness (QED) is 0.640. The van der Waals surface area contributed by atoms with Crippen LogP contribution in [0.2, 0.25) is 0 Å². The van der Waals surface area contributed by atoms with E-state index in [9.17, 15) is 9.59 Å². The second-order valence-corrected chi connectivity index (χ2v) is 5.59. The van der Waals surface area contributed by atoms with E-state index < -0.39 is 18.0 Å². The first-order chi connectivity index (χ1) is 10.1. The van der Waals surface area contributed by atoms with Gasteiger partial charge in [-0.1, -0.05) is 43.2 Å². The first-order valence-electron chi connectivity index (χ1n) is 7.38. The van der Waals surface area contributed by atoms with Gasteiger partial charge in [0.15, 0.2) is 0 Å². The number of ether oxygens (including phenoxy) is 1. The van der Waals surface area contributed by atoms with Crippen LogP contribution in [0.4, 0.5) is 0 Å². The Kier molecular flexibility index (Phi) is 5.47. The standard InChI is InChI=1S/C16H22N2O3/c17-13-9-5-4-8-12(13)15(19)21-16(20)14(18)10-11-6-2-1-3-7-11/h1-3,6-7,12-14H,4-5,8-10,17-18H2/t12?,13?,14-/m0/s1. The van der Waals surface area contributed by atoms with Gasteiger partial charge in [0, 0.05) is 6.04 Å². The maximum atomic E-state index is 12.0. The van der Waals surface area contributed by atoms with Crippen molar-refractivity contribution in [1.82, 2.24) is 0 Å². The highest BCUT2D eigenvalue weighted by Gasteiger charge is 2.32. The van der Waals surface area contributed by atoms with Crippen molar-refractivity contribution in [3.05, 3.63) is 35.9 Å². The number of nitrogens with two attached hydrogens (primary N) is 2. The highest BCUT2D eigenvalue weighted by molar-refractivity contribution is 5.89. The van der Waals surface area contributed by atoms with Crippen LogP contribution in [0.5, 0.6) is 0 Å². The molecule has 0 aromatic heterocycles. The Morgan fingerprint density at radius 3 is 2.52 bits per heavy atom. The average Bonchev–Trinajstić information content (AvgIpc) is 2.48. The van der Waals surface area contributed by atoms with Crippen LogP contribution in [-0.2, 0) is 20.7 Å². The molecule has 0 radical (unpaired) electrons. The van der Waals surface area contributed by atoms with Crippen LogP contribution in [0.3, 0.4) is 0 Å². The second-order valence-electron chi connectivity index (χ2n) is 5.59. The van der Waals surface area contributed by atoms with Crippen molar-refractivity contribution in [3.8, 4) is 0 Å². The number of hydrogen-bond donors (Lipinski definition) is 2. The average molecular weight is 290 g/mol. The van der Waals surface area contributed by atoms with Crippen molar-refractivity contribution in [2.75, 3.05) is 0 Å². The lowest BCUT2D eigenvalue weighted by Crippen LogP contribution is -2.42. The van der Waals surface area contributed by atoms with Gasteiger partial charge in [0.1, 0.15) is 6.04 Å². The highest BCUT2D eigenvalue weighted by Crippen LogP contribution is 2.24. The lowest BCUT2D eigenvalue weighted by atomic mass is 9.85. The zero-order valence-electron chi connectivity index (χ0n) is 12.0. The summed E-state index contributed by atoms with van der Waals surface area (Å²) in [4.78, 5) is 23.9. The van der Waals surface area contributed by atoms with Crippen molar-refractivity contribution in [3.63, 3.8) is 0 Å². The summed E-state index contributed by atoms with van der Waals surface area (Å²) in [5, 5.41) is 0. The zero-order chi connectivity index (χ0) is 15.2. The van der Waals surface area contributed by atoms with Gasteiger partial charge in [0.05, 0.1) is 5.92 Å². The minimum absolute atomic E-state index is 0.218. The molecular formula is C16H22N2O3. The summed E-state index contributed by atoms with van der Waals surface area (Å²) in [6.45, 7) is 0. The number of rotatable bonds is 4. The summed E-state index contributed by atoms with van der Waals surface area (Å²) in [5.41, 5.74) is 12.6. The van der Waals surface area contributed by atoms with Crippen LogP contribution >= 0.6 is 0 Å². The maximum absolute atomic E-state index is 12.0. The zero-order valence-corrected chi connectivity index (χ0v) is 12.0. The van der Waals surface area contributed by atoms with Crippen LogP contribution < -0.4 is 11.5 Å². The van der Waals surface area contributed by atoms with Crippen LogP contribution in [0.1, 0.15) is 31.2 Å². The van der Waals surface area contributed by atoms with Gasteiger partial charge in [0.2, 0.25) is 0 Å². The molecule has 0 amide bonds. The molecule has 0 heterocycles. The van der Waals surface area contributed by atoms with E-state index >= 15 is 0 Å². The maximum Gasteiger partial charge on any atom is 0.330 e. The molecule has 0 aliphatic heterocycles. The SMILES string of the molecule is NC1CCCCC1C(=O)OC(=O)[C@@H](N)Cc1ccccc1. The molecule has 1 aliphatic carbocycles. The Bertz CT molecular complexity index is 490. The number of benzene rings is 1. The van der Waals surface area contributed by atoms with Crippen molar-refractivity contribution >= 4 is 11.9 Å². The molecule has 1 aromatic rings. The summed E-state index contributed by atoms with van der Waals surface area (Å²) >= 11 is 0. The van der Waals surface area contributed by atoms with Gasteiger partial charge in [-0.3, -0.25) is 4.79 Å². The first kappa shape index (κ1) is 15.7. The van der Waals surface area contributed by atoms with Gasteiger partial charge in [-0.25, -0.2) is 4.79 Å². The minimum atomic E-state index is -0.837. The Hall–Kier alpha value is -1.72. The Labute approximate surface area is 124 Å². The molecule has 2 unspecified atom stereocenters. The second kappa shape index (κ2) is 7.33. The third kappa shape index (κ3) is 4.37. The van der Waals surface area contributed by atoms with Gasteiger partial charge >= 0.3 is 11.9 Å². The fourth-order valence-electron chi connectivity index (χ4n) is 2.65. The third-order valence-electron chi connectivity index (χ3n) is 3.92. The summed E-state index contributed by atoms with van der Waals surface area (Å²) in [7, 11) is 0. The molecule has 5 nitrogen and oxygen atoms in total. The van der Waals surface area contributed by atoms with Gasteiger partial charge in [-0.05, 0) is 24.8 Å². The van der Waals surface area contributed by atoms with E-state index in [1.807, 2.05) is 30.3 Å². The number of carbonyl (C=O) groups excluding carboxylic acids is 2. The van der Waals surface area contributed by atoms with Crippen LogP contribution in [-0.4, -0.2) is 24.0 Å². The van der Waals surface area contributed by atoms with Gasteiger partial charge in [-0.2, -0.15) is 0 Å². The van der Waals surface area contributed by atoms with Crippen molar-refractivity contribution in [1.29, 1.82) is 0 Å². The van der Waals surface area contributed by atoms with Crippen molar-refractivity contribution < 1.29 is 14.3 Å². The Balaban J connectivity index is 1.86. The normalized spacial score (nSPS) is 23.3. The van der Waals surface area contributed by atoms with E-state index in [1.165, 1.54) is 0 Å². The van der Waals surface area contributed by atoms with Gasteiger partial charge in [0.25, 0.3) is 0 Å². The largest absolute Gasteiger partial charge is 0.392 e. The predicted octanol–water partition coefficient (Wildman–Crippen LogP) is 1.14. The summed E-state index contributed by atoms with van der Waals surface area (Å²) in [6, 6.07) is 8.35. The van der Waals surface area contributed by atoms with E-state index in [-0.39, 0.29) is 12.0 Å². The van der Waals surface area contributed by atoms with Gasteiger partial charge in [-0.15, -0.1) is 0 Å². The molecule has 3 atom stereocenters. The molecule has 5 heteroatoms. The molecule has 4 N–H and O–H groups in total. The summed E-state index contributed by atoms with van der Waals surface area (Å²) in [5.74, 6) is -1.59. The third-order valence-corrected chi connectivity index (χ3v) is 3.92. The van der Waals surface area contributed by atoms with E-state index in [1.54, 1.807) is 0 Å². The lowest BCUT2D eigenvalue weighted by molar-refractivity contribution is -0.164. The first-order valence-corrected chi connectivity index (χ1v) is 7.38. The van der Waals surface area contributed by atoms with Gasteiger partial charge < -0.3 is 16.2 Å². The fraction of sp³-hybridized carbons (Fsp3) is 0.500. The highest BCUT2D eigenvalue weighted by atomic mass is 16.6. The molecule has 21 heavy (non-hydrogen) atoms. The number of hydrogen-bond acceptors (Lipinski definition) is 5. The van der Waals surface area contributed by atoms with E-state index in [4.69, 9.17) is 16.2 Å². The van der Waals surface area contributed by atoms with Crippen LogP contribution in [0.15, 0.2) is 30.3 Å². The lowest BCUT2D eigenvalue weighted by Gasteiger charge is -2.26. The number of esters is 2. The fourth-order valence-corrected chi connectivity index (χ4v) is 2.65. The molecule has 1 aromatic carbocycles. The molecule has 0 bridgehead atoms. The molecule has 1 fully saturated rings. The van der Waals surface area contributed by atoms with E-state index in [2.05, 4.69) is 0 Å². The van der Waals surface area contributed by atoms with Crippen molar-refractivity contribution in [2.24, 2.45) is 17.4 Å². The minimum Gasteiger partial charge on any atom is -0.392 e. The molecule has 2 rings (SSSR count). The van der Waals surface area contributed by atoms with Crippen molar-refractivity contribution in [2.45, 2.75) is 44.2 Å². The molecule has 0 saturated heterocycles. The monoisotopic (exact) mass is 290 g/mol. The topological polar surface area (TPSA) is 95.4 Å². The Morgan fingerprint density at radius 2 is 1.86 bits per heavy atom. The smallest absolute Gasteiger partial charge is 0.330 e. The molecule has 114 valence electrons. The van der Waals surface area contributed by atoms with Crippen LogP contribution in [0.25, 0.3) is 0 Å². The van der Waals surface area contributed by atoms with Crippen LogP contribution in [0, 0.1) is 5.92 Å². The van der Waals surface area contributed by atoms with E-state index in [0.29, 0.717) is 12.8 Å². The summed E-state index contributed by atoms with van der Waals surface area (Å²) < 4.78 is 4.91. The molecule has 1 saturated carbocycles. The van der Waals surface area contributed by atoms with E-state index in [0.717, 1.165) is 24.8 Å². The molecular weight excluding hydrogens is 268 g/mol. The predicted molar refractivity (Wildman–Crippen MR) is 79.2 cm³/mol. The Morgan fingerprint density at radius 1 is 1.19 bits per heavy atom. The molecule has 0 spiro atoms.